The van der Waals surface area contributed by atoms with Gasteiger partial charge in [0, 0.05) is 10.4 Å². The molecule has 7 nitrogen and oxygen atoms in total. The van der Waals surface area contributed by atoms with Crippen LogP contribution in [-0.4, -0.2) is 31.3 Å². The van der Waals surface area contributed by atoms with Gasteiger partial charge in [-0.1, -0.05) is 33.8 Å². The van der Waals surface area contributed by atoms with Crippen molar-refractivity contribution < 1.29 is 19.1 Å². The van der Waals surface area contributed by atoms with Gasteiger partial charge >= 0.3 is 0 Å². The third-order valence-corrected chi connectivity index (χ3v) is 7.21. The lowest BCUT2D eigenvalue weighted by molar-refractivity contribution is -0.122. The Hall–Kier alpha value is -2.96. The summed E-state index contributed by atoms with van der Waals surface area (Å²) in [5.74, 6) is -1.15. The van der Waals surface area contributed by atoms with E-state index in [1.165, 1.54) is 19.1 Å². The van der Waals surface area contributed by atoms with Crippen molar-refractivity contribution in [3.63, 3.8) is 0 Å². The fourth-order valence-electron chi connectivity index (χ4n) is 4.03. The second-order valence-electron chi connectivity index (χ2n) is 7.03. The predicted molar refractivity (Wildman–Crippen MR) is 121 cm³/mol. The zero-order valence-electron chi connectivity index (χ0n) is 16.7. The highest BCUT2D eigenvalue weighted by molar-refractivity contribution is 9.10. The molecule has 0 aliphatic carbocycles. The molecule has 0 saturated carbocycles. The summed E-state index contributed by atoms with van der Waals surface area (Å²) in [4.78, 5) is 28.0. The lowest BCUT2D eigenvalue weighted by atomic mass is 9.79. The van der Waals surface area contributed by atoms with E-state index in [4.69, 9.17) is 15.2 Å². The van der Waals surface area contributed by atoms with E-state index in [9.17, 15) is 14.9 Å². The summed E-state index contributed by atoms with van der Waals surface area (Å²) >= 11 is 4.44. The molecule has 9 heteroatoms. The number of hydrogen-bond acceptors (Lipinski definition) is 7. The molecule has 0 radical (unpaired) electrons. The summed E-state index contributed by atoms with van der Waals surface area (Å²) < 4.78 is 11.5. The number of hydrogen-bond donors (Lipinski definition) is 1. The van der Waals surface area contributed by atoms with Crippen LogP contribution in [0.15, 0.2) is 57.5 Å². The number of amides is 2. The maximum Gasteiger partial charge on any atom is 0.248 e. The Morgan fingerprint density at radius 3 is 2.35 bits per heavy atom. The molecule has 3 atom stereocenters. The maximum atomic E-state index is 13.5. The lowest BCUT2D eigenvalue weighted by Gasteiger charge is -2.31. The number of benzene rings is 2. The number of thioether (sulfide) groups is 1. The molecule has 2 heterocycles. The zero-order valence-corrected chi connectivity index (χ0v) is 19.1. The van der Waals surface area contributed by atoms with Crippen LogP contribution in [0.2, 0.25) is 0 Å². The highest BCUT2D eigenvalue weighted by Gasteiger charge is 2.56. The Morgan fingerprint density at radius 2 is 1.74 bits per heavy atom. The van der Waals surface area contributed by atoms with Gasteiger partial charge in [0.2, 0.25) is 11.8 Å². The van der Waals surface area contributed by atoms with Gasteiger partial charge in [0.25, 0.3) is 0 Å². The Morgan fingerprint density at radius 1 is 1.06 bits per heavy atom. The Labute approximate surface area is 191 Å². The Bertz CT molecular complexity index is 1140. The highest BCUT2D eigenvalue weighted by Crippen LogP contribution is 2.51. The standard InChI is InChI=1S/C22H18BrN3O4S/c1-29-15-8-3-11(9-16(15)30-2)17-14(10-24)20(25)31-19-18(17)21(27)26(22(19)28)13-6-4-12(23)5-7-13/h3-9,17-19H,25H2,1-2H3. The van der Waals surface area contributed by atoms with Gasteiger partial charge in [-0.3, -0.25) is 9.59 Å². The molecule has 1 saturated heterocycles. The SMILES string of the molecule is COc1ccc(C2C(C#N)=C(N)SC3C(=O)N(c4ccc(Br)cc4)C(=O)C32)cc1OC. The molecule has 3 unspecified atom stereocenters. The van der Waals surface area contributed by atoms with E-state index < -0.39 is 17.1 Å². The molecule has 0 aromatic heterocycles. The molecule has 31 heavy (non-hydrogen) atoms. The number of methoxy groups -OCH3 is 2. The number of anilines is 1. The molecule has 158 valence electrons. The summed E-state index contributed by atoms with van der Waals surface area (Å²) in [6.45, 7) is 0. The van der Waals surface area contributed by atoms with Crippen LogP contribution in [0.1, 0.15) is 11.5 Å². The first kappa shape index (κ1) is 21.3. The normalized spacial score (nSPS) is 22.9. The average molecular weight is 500 g/mol. The van der Waals surface area contributed by atoms with Crippen LogP contribution >= 0.6 is 27.7 Å². The Balaban J connectivity index is 1.83. The number of allylic oxidation sites excluding steroid dienone is 1. The fourth-order valence-corrected chi connectivity index (χ4v) is 5.50. The van der Waals surface area contributed by atoms with Crippen LogP contribution < -0.4 is 20.1 Å². The smallest absolute Gasteiger partial charge is 0.248 e. The van der Waals surface area contributed by atoms with Gasteiger partial charge in [-0.25, -0.2) is 4.90 Å². The van der Waals surface area contributed by atoms with Crippen LogP contribution in [0, 0.1) is 17.2 Å². The van der Waals surface area contributed by atoms with E-state index in [2.05, 4.69) is 22.0 Å². The number of carbonyl (C=O) groups is 2. The molecule has 2 amide bonds. The average Bonchev–Trinajstić information content (AvgIpc) is 3.02. The van der Waals surface area contributed by atoms with Gasteiger partial charge in [0.05, 0.1) is 42.5 Å². The van der Waals surface area contributed by atoms with Gasteiger partial charge in [-0.15, -0.1) is 0 Å². The van der Waals surface area contributed by atoms with Gasteiger partial charge in [0.15, 0.2) is 11.5 Å². The molecule has 2 aliphatic rings. The second kappa shape index (κ2) is 8.29. The van der Waals surface area contributed by atoms with Crippen LogP contribution in [0.3, 0.4) is 0 Å². The van der Waals surface area contributed by atoms with Crippen molar-refractivity contribution in [1.29, 1.82) is 5.26 Å². The maximum absolute atomic E-state index is 13.5. The van der Waals surface area contributed by atoms with Crippen molar-refractivity contribution in [3.8, 4) is 17.6 Å². The fraction of sp³-hybridized carbons (Fsp3) is 0.227. The van der Waals surface area contributed by atoms with E-state index >= 15 is 0 Å². The van der Waals surface area contributed by atoms with E-state index in [0.717, 1.165) is 16.2 Å². The van der Waals surface area contributed by atoms with E-state index in [1.807, 2.05) is 0 Å². The van der Waals surface area contributed by atoms with E-state index in [1.54, 1.807) is 42.5 Å². The zero-order chi connectivity index (χ0) is 22.3. The van der Waals surface area contributed by atoms with Gasteiger partial charge in [-0.05, 0) is 42.0 Å². The number of nitriles is 1. The number of nitrogens with zero attached hydrogens (tertiary/aromatic N) is 2. The molecule has 1 fully saturated rings. The lowest BCUT2D eigenvalue weighted by Crippen LogP contribution is -2.33. The van der Waals surface area contributed by atoms with Crippen LogP contribution in [0.4, 0.5) is 5.69 Å². The number of halogens is 1. The summed E-state index contributed by atoms with van der Waals surface area (Å²) in [6.07, 6.45) is 0. The second-order valence-corrected chi connectivity index (χ2v) is 9.13. The number of carbonyl (C=O) groups excluding carboxylic acids is 2. The first-order chi connectivity index (χ1) is 14.9. The number of fused-ring (bicyclic) bond motifs is 1. The quantitative estimate of drug-likeness (QED) is 0.641. The van der Waals surface area contributed by atoms with E-state index in [0.29, 0.717) is 22.7 Å². The monoisotopic (exact) mass is 499 g/mol. The number of rotatable bonds is 4. The van der Waals surface area contributed by atoms with Crippen molar-refractivity contribution in [2.75, 3.05) is 19.1 Å². The predicted octanol–water partition coefficient (Wildman–Crippen LogP) is 3.55. The van der Waals surface area contributed by atoms with Crippen molar-refractivity contribution >= 4 is 45.2 Å². The summed E-state index contributed by atoms with van der Waals surface area (Å²) in [5, 5.41) is 9.37. The molecule has 4 rings (SSSR count). The van der Waals surface area contributed by atoms with Crippen molar-refractivity contribution in [1.82, 2.24) is 0 Å². The Kier molecular flexibility index (Phi) is 5.69. The first-order valence-electron chi connectivity index (χ1n) is 9.33. The number of nitrogens with two attached hydrogens (primary N) is 1. The van der Waals surface area contributed by atoms with Crippen LogP contribution in [0.25, 0.3) is 0 Å². The molecule has 0 bridgehead atoms. The number of imide groups is 1. The molecular formula is C22H18BrN3O4S. The van der Waals surface area contributed by atoms with Gasteiger partial charge in [0.1, 0.15) is 5.25 Å². The van der Waals surface area contributed by atoms with Gasteiger partial charge < -0.3 is 15.2 Å². The first-order valence-corrected chi connectivity index (χ1v) is 11.0. The molecular weight excluding hydrogens is 482 g/mol. The molecule has 2 aliphatic heterocycles. The summed E-state index contributed by atoms with van der Waals surface area (Å²) in [5.41, 5.74) is 7.60. The van der Waals surface area contributed by atoms with Crippen molar-refractivity contribution in [3.05, 3.63) is 63.1 Å². The van der Waals surface area contributed by atoms with Crippen LogP contribution in [0.5, 0.6) is 11.5 Å². The highest BCUT2D eigenvalue weighted by atomic mass is 79.9. The molecule has 0 spiro atoms. The summed E-state index contributed by atoms with van der Waals surface area (Å²) in [7, 11) is 3.04. The largest absolute Gasteiger partial charge is 0.493 e. The minimum absolute atomic E-state index is 0.252. The van der Waals surface area contributed by atoms with Crippen molar-refractivity contribution in [2.24, 2.45) is 11.7 Å². The summed E-state index contributed by atoms with van der Waals surface area (Å²) in [6, 6.07) is 14.3. The van der Waals surface area contributed by atoms with Crippen molar-refractivity contribution in [2.45, 2.75) is 11.2 Å². The van der Waals surface area contributed by atoms with Gasteiger partial charge in [-0.2, -0.15) is 5.26 Å². The molecule has 2 aromatic carbocycles. The van der Waals surface area contributed by atoms with Crippen LogP contribution in [-0.2, 0) is 9.59 Å². The minimum Gasteiger partial charge on any atom is -0.493 e. The minimum atomic E-state index is -0.763. The third-order valence-electron chi connectivity index (χ3n) is 5.46. The van der Waals surface area contributed by atoms with E-state index in [-0.39, 0.29) is 22.4 Å². The number of ether oxygens (including phenoxy) is 2. The third kappa shape index (κ3) is 3.46. The molecule has 2 aromatic rings. The topological polar surface area (TPSA) is 106 Å². The molecule has 2 N–H and O–H groups in total.